The van der Waals surface area contributed by atoms with Crippen molar-refractivity contribution in [3.05, 3.63) is 63.9 Å². The Labute approximate surface area is 130 Å². The molecule has 22 heavy (non-hydrogen) atoms. The summed E-state index contributed by atoms with van der Waals surface area (Å²) in [5.74, 6) is 0. The lowest BCUT2D eigenvalue weighted by molar-refractivity contribution is 0.919. The highest BCUT2D eigenvalue weighted by Crippen LogP contribution is 2.26. The molecule has 5 heteroatoms. The van der Waals surface area contributed by atoms with E-state index < -0.39 is 0 Å². The number of rotatable bonds is 1. The minimum Gasteiger partial charge on any atom is -0.267 e. The van der Waals surface area contributed by atoms with Crippen molar-refractivity contribution in [1.29, 1.82) is 0 Å². The second-order valence-electron chi connectivity index (χ2n) is 5.33. The molecule has 0 atom stereocenters. The van der Waals surface area contributed by atoms with Crippen molar-refractivity contribution in [1.82, 2.24) is 14.6 Å². The van der Waals surface area contributed by atoms with Gasteiger partial charge in [0.2, 0.25) is 4.96 Å². The Bertz CT molecular complexity index is 1080. The molecule has 2 heterocycles. The molecule has 0 saturated carbocycles. The average molecular weight is 307 g/mol. The van der Waals surface area contributed by atoms with E-state index >= 15 is 0 Å². The molecule has 0 aliphatic rings. The fourth-order valence-electron chi connectivity index (χ4n) is 2.45. The van der Waals surface area contributed by atoms with Crippen LogP contribution in [0.2, 0.25) is 0 Å². The smallest absolute Gasteiger partial charge is 0.267 e. The molecule has 0 saturated heterocycles. The van der Waals surface area contributed by atoms with Crippen LogP contribution in [0.4, 0.5) is 0 Å². The van der Waals surface area contributed by atoms with Gasteiger partial charge in [-0.05, 0) is 43.2 Å². The first kappa shape index (κ1) is 13.2. The van der Waals surface area contributed by atoms with Gasteiger partial charge >= 0.3 is 0 Å². The predicted octanol–water partition coefficient (Wildman–Crippen LogP) is 3.59. The van der Waals surface area contributed by atoms with E-state index in [1.807, 2.05) is 24.3 Å². The second kappa shape index (κ2) is 4.74. The Kier molecular flexibility index (Phi) is 2.84. The van der Waals surface area contributed by atoms with Gasteiger partial charge in [-0.15, -0.1) is 0 Å². The first-order valence-electron chi connectivity index (χ1n) is 7.00. The summed E-state index contributed by atoms with van der Waals surface area (Å²) in [5.41, 5.74) is 4.06. The topological polar surface area (TPSA) is 47.3 Å². The predicted molar refractivity (Wildman–Crippen MR) is 89.6 cm³/mol. The van der Waals surface area contributed by atoms with Gasteiger partial charge in [0.1, 0.15) is 5.01 Å². The highest BCUT2D eigenvalue weighted by atomic mass is 32.1. The van der Waals surface area contributed by atoms with E-state index in [0.29, 0.717) is 15.9 Å². The molecule has 0 aliphatic carbocycles. The zero-order valence-electron chi connectivity index (χ0n) is 12.2. The van der Waals surface area contributed by atoms with Gasteiger partial charge in [-0.25, -0.2) is 4.98 Å². The molecule has 0 spiro atoms. The van der Waals surface area contributed by atoms with E-state index in [-0.39, 0.29) is 5.56 Å². The molecule has 0 aliphatic heterocycles. The van der Waals surface area contributed by atoms with E-state index in [4.69, 9.17) is 0 Å². The lowest BCUT2D eigenvalue weighted by Crippen LogP contribution is -2.14. The van der Waals surface area contributed by atoms with Crippen molar-refractivity contribution in [2.24, 2.45) is 0 Å². The van der Waals surface area contributed by atoms with Crippen molar-refractivity contribution in [3.8, 4) is 10.6 Å². The van der Waals surface area contributed by atoms with Gasteiger partial charge in [0, 0.05) is 5.56 Å². The summed E-state index contributed by atoms with van der Waals surface area (Å²) in [4.78, 5) is 17.7. The molecule has 0 radical (unpaired) electrons. The molecule has 0 unspecified atom stereocenters. The van der Waals surface area contributed by atoms with Crippen LogP contribution in [0.3, 0.4) is 0 Å². The highest BCUT2D eigenvalue weighted by molar-refractivity contribution is 7.19. The monoisotopic (exact) mass is 307 g/mol. The number of nitrogens with zero attached hydrogens (tertiary/aromatic N) is 3. The van der Waals surface area contributed by atoms with Crippen LogP contribution in [0, 0.1) is 13.8 Å². The minimum absolute atomic E-state index is 0.119. The Balaban J connectivity index is 2.01. The van der Waals surface area contributed by atoms with Crippen molar-refractivity contribution < 1.29 is 0 Å². The molecule has 0 N–H and O–H groups in total. The Hall–Kier alpha value is -2.53. The third-order valence-corrected chi connectivity index (χ3v) is 4.81. The van der Waals surface area contributed by atoms with Gasteiger partial charge in [-0.2, -0.15) is 9.61 Å². The van der Waals surface area contributed by atoms with Crippen LogP contribution in [0.5, 0.6) is 0 Å². The maximum absolute atomic E-state index is 12.5. The fraction of sp³-hybridized carbons (Fsp3) is 0.118. The van der Waals surface area contributed by atoms with Crippen LogP contribution < -0.4 is 5.56 Å². The zero-order valence-corrected chi connectivity index (χ0v) is 13.0. The summed E-state index contributed by atoms with van der Waals surface area (Å²) in [6, 6.07) is 13.6. The number of benzene rings is 2. The number of para-hydroxylation sites is 1. The van der Waals surface area contributed by atoms with Crippen molar-refractivity contribution >= 4 is 27.2 Å². The maximum Gasteiger partial charge on any atom is 0.283 e. The second-order valence-corrected chi connectivity index (χ2v) is 6.29. The first-order chi connectivity index (χ1) is 10.6. The summed E-state index contributed by atoms with van der Waals surface area (Å²) >= 11 is 1.43. The average Bonchev–Trinajstić information content (AvgIpc) is 2.94. The van der Waals surface area contributed by atoms with Gasteiger partial charge in [-0.1, -0.05) is 35.6 Å². The molecule has 2 aromatic carbocycles. The number of fused-ring (bicyclic) bond motifs is 2. The first-order valence-corrected chi connectivity index (χ1v) is 7.81. The number of hydrogen-bond donors (Lipinski definition) is 0. The summed E-state index contributed by atoms with van der Waals surface area (Å²) in [7, 11) is 0. The van der Waals surface area contributed by atoms with Crippen LogP contribution in [0.25, 0.3) is 26.4 Å². The third kappa shape index (κ3) is 1.94. The molecule has 4 nitrogen and oxygen atoms in total. The molecular weight excluding hydrogens is 294 g/mol. The Morgan fingerprint density at radius 2 is 1.86 bits per heavy atom. The normalized spacial score (nSPS) is 11.4. The van der Waals surface area contributed by atoms with E-state index in [2.05, 4.69) is 36.1 Å². The van der Waals surface area contributed by atoms with E-state index in [1.54, 1.807) is 6.07 Å². The van der Waals surface area contributed by atoms with Crippen molar-refractivity contribution in [2.75, 3.05) is 0 Å². The van der Waals surface area contributed by atoms with Gasteiger partial charge in [0.15, 0.2) is 0 Å². The SMILES string of the molecule is Cc1ccc(-c2nn3c(=O)c4ccccc4nc3s2)cc1C. The highest BCUT2D eigenvalue weighted by Gasteiger charge is 2.12. The van der Waals surface area contributed by atoms with Crippen LogP contribution in [0.15, 0.2) is 47.3 Å². The summed E-state index contributed by atoms with van der Waals surface area (Å²) < 4.78 is 1.40. The molecule has 2 aromatic heterocycles. The summed E-state index contributed by atoms with van der Waals surface area (Å²) in [6.07, 6.45) is 0. The van der Waals surface area contributed by atoms with Gasteiger partial charge in [0.25, 0.3) is 5.56 Å². The number of aryl methyl sites for hydroxylation is 2. The van der Waals surface area contributed by atoms with Crippen molar-refractivity contribution in [2.45, 2.75) is 13.8 Å². The van der Waals surface area contributed by atoms with E-state index in [9.17, 15) is 4.79 Å². The third-order valence-electron chi connectivity index (χ3n) is 3.86. The van der Waals surface area contributed by atoms with Gasteiger partial charge in [-0.3, -0.25) is 4.79 Å². The van der Waals surface area contributed by atoms with E-state index in [0.717, 1.165) is 10.6 Å². The standard InChI is InChI=1S/C17H13N3OS/c1-10-7-8-12(9-11(10)2)15-19-20-16(21)13-5-3-4-6-14(13)18-17(20)22-15/h3-9H,1-2H3. The molecule has 0 bridgehead atoms. The van der Waals surface area contributed by atoms with Crippen molar-refractivity contribution in [3.63, 3.8) is 0 Å². The van der Waals surface area contributed by atoms with Crippen LogP contribution in [0.1, 0.15) is 11.1 Å². The van der Waals surface area contributed by atoms with Gasteiger partial charge < -0.3 is 0 Å². The minimum atomic E-state index is -0.119. The zero-order chi connectivity index (χ0) is 15.3. The quantitative estimate of drug-likeness (QED) is 0.540. The molecule has 108 valence electrons. The van der Waals surface area contributed by atoms with E-state index in [1.165, 1.54) is 27.0 Å². The molecule has 0 amide bonds. The number of aromatic nitrogens is 3. The van der Waals surface area contributed by atoms with Gasteiger partial charge in [0.05, 0.1) is 10.9 Å². The summed E-state index contributed by atoms with van der Waals surface area (Å²) in [5, 5.41) is 5.87. The molecule has 0 fully saturated rings. The lowest BCUT2D eigenvalue weighted by atomic mass is 10.1. The van der Waals surface area contributed by atoms with Crippen LogP contribution in [-0.2, 0) is 0 Å². The summed E-state index contributed by atoms with van der Waals surface area (Å²) in [6.45, 7) is 4.15. The molecule has 4 rings (SSSR count). The molecule has 4 aromatic rings. The number of hydrogen-bond acceptors (Lipinski definition) is 4. The largest absolute Gasteiger partial charge is 0.283 e. The molecular formula is C17H13N3OS. The Morgan fingerprint density at radius 3 is 2.68 bits per heavy atom. The van der Waals surface area contributed by atoms with Crippen LogP contribution in [-0.4, -0.2) is 14.6 Å². The Morgan fingerprint density at radius 1 is 1.05 bits per heavy atom. The maximum atomic E-state index is 12.5. The van der Waals surface area contributed by atoms with Crippen LogP contribution >= 0.6 is 11.3 Å². The lowest BCUT2D eigenvalue weighted by Gasteiger charge is -2.01. The fourth-order valence-corrected chi connectivity index (χ4v) is 3.34.